The van der Waals surface area contributed by atoms with Crippen molar-refractivity contribution in [2.24, 2.45) is 0 Å². The fourth-order valence-electron chi connectivity index (χ4n) is 1.73. The van der Waals surface area contributed by atoms with Crippen molar-refractivity contribution in [3.05, 3.63) is 59.8 Å². The molecular weight excluding hydrogens is 224 g/mol. The predicted octanol–water partition coefficient (Wildman–Crippen LogP) is 3.14. The molecule has 0 saturated heterocycles. The number of hydrogen-bond donors (Lipinski definition) is 2. The number of aromatic nitrogens is 1. The molecule has 1 aromatic heterocycles. The number of rotatable bonds is 5. The Balaban J connectivity index is 1.94. The zero-order valence-electron chi connectivity index (χ0n) is 10.5. The molecule has 0 fully saturated rings. The van der Waals surface area contributed by atoms with Crippen molar-refractivity contribution < 1.29 is 5.11 Å². The zero-order valence-corrected chi connectivity index (χ0v) is 10.5. The van der Waals surface area contributed by atoms with Crippen LogP contribution >= 0.6 is 0 Å². The Hall–Kier alpha value is -1.87. The van der Waals surface area contributed by atoms with E-state index in [-0.39, 0.29) is 0 Å². The fourth-order valence-corrected chi connectivity index (χ4v) is 1.73. The van der Waals surface area contributed by atoms with Crippen LogP contribution in [0.5, 0.6) is 0 Å². The summed E-state index contributed by atoms with van der Waals surface area (Å²) >= 11 is 0. The SMILES string of the molecule is CC[C@H](O)c1ccc(NCc2ccccc2)nc1. The Bertz CT molecular complexity index is 468. The molecule has 0 aliphatic heterocycles. The van der Waals surface area contributed by atoms with E-state index in [1.165, 1.54) is 5.56 Å². The van der Waals surface area contributed by atoms with Crippen molar-refractivity contribution in [3.63, 3.8) is 0 Å². The fraction of sp³-hybridized carbons (Fsp3) is 0.267. The molecule has 0 saturated carbocycles. The summed E-state index contributed by atoms with van der Waals surface area (Å²) in [4.78, 5) is 4.29. The molecule has 1 atom stereocenters. The van der Waals surface area contributed by atoms with Crippen LogP contribution in [0.4, 0.5) is 5.82 Å². The van der Waals surface area contributed by atoms with Gasteiger partial charge in [-0.2, -0.15) is 0 Å². The van der Waals surface area contributed by atoms with E-state index in [9.17, 15) is 5.11 Å². The molecule has 2 N–H and O–H groups in total. The van der Waals surface area contributed by atoms with Crippen LogP contribution in [0, 0.1) is 0 Å². The molecule has 94 valence electrons. The van der Waals surface area contributed by atoms with Gasteiger partial charge in [0.1, 0.15) is 5.82 Å². The standard InChI is InChI=1S/C15H18N2O/c1-2-14(18)13-8-9-15(17-11-13)16-10-12-6-4-3-5-7-12/h3-9,11,14,18H,2,10H2,1H3,(H,16,17)/t14-/m0/s1. The highest BCUT2D eigenvalue weighted by Gasteiger charge is 2.04. The van der Waals surface area contributed by atoms with Crippen molar-refractivity contribution in [1.29, 1.82) is 0 Å². The van der Waals surface area contributed by atoms with E-state index in [4.69, 9.17) is 0 Å². The van der Waals surface area contributed by atoms with Gasteiger partial charge in [0.05, 0.1) is 6.10 Å². The van der Waals surface area contributed by atoms with Crippen LogP contribution in [-0.4, -0.2) is 10.1 Å². The summed E-state index contributed by atoms with van der Waals surface area (Å²) in [5.41, 5.74) is 2.08. The lowest BCUT2D eigenvalue weighted by Gasteiger charge is -2.09. The summed E-state index contributed by atoms with van der Waals surface area (Å²) in [6.07, 6.45) is 2.01. The van der Waals surface area contributed by atoms with Crippen molar-refractivity contribution in [2.75, 3.05) is 5.32 Å². The first-order valence-electron chi connectivity index (χ1n) is 6.21. The number of nitrogens with one attached hydrogen (secondary N) is 1. The second-order valence-corrected chi connectivity index (χ2v) is 4.24. The van der Waals surface area contributed by atoms with Gasteiger partial charge in [-0.3, -0.25) is 0 Å². The molecule has 0 radical (unpaired) electrons. The lowest BCUT2D eigenvalue weighted by atomic mass is 10.1. The van der Waals surface area contributed by atoms with E-state index >= 15 is 0 Å². The number of aliphatic hydroxyl groups excluding tert-OH is 1. The van der Waals surface area contributed by atoms with Crippen LogP contribution in [0.2, 0.25) is 0 Å². The summed E-state index contributed by atoms with van der Waals surface area (Å²) in [7, 11) is 0. The summed E-state index contributed by atoms with van der Waals surface area (Å²) in [6, 6.07) is 14.0. The number of anilines is 1. The highest BCUT2D eigenvalue weighted by molar-refractivity contribution is 5.37. The highest BCUT2D eigenvalue weighted by Crippen LogP contribution is 2.16. The minimum Gasteiger partial charge on any atom is -0.388 e. The number of pyridine rings is 1. The molecule has 2 aromatic rings. The molecule has 0 aliphatic carbocycles. The van der Waals surface area contributed by atoms with Crippen molar-refractivity contribution in [1.82, 2.24) is 4.98 Å². The van der Waals surface area contributed by atoms with Gasteiger partial charge in [-0.05, 0) is 23.6 Å². The van der Waals surface area contributed by atoms with Gasteiger partial charge in [0.2, 0.25) is 0 Å². The van der Waals surface area contributed by atoms with Gasteiger partial charge < -0.3 is 10.4 Å². The third-order valence-corrected chi connectivity index (χ3v) is 2.87. The molecule has 0 aliphatic rings. The Morgan fingerprint density at radius 2 is 1.94 bits per heavy atom. The monoisotopic (exact) mass is 242 g/mol. The Kier molecular flexibility index (Phi) is 4.31. The molecule has 1 heterocycles. The molecule has 1 aromatic carbocycles. The lowest BCUT2D eigenvalue weighted by Crippen LogP contribution is -2.02. The number of hydrogen-bond acceptors (Lipinski definition) is 3. The van der Waals surface area contributed by atoms with Gasteiger partial charge in [-0.1, -0.05) is 43.3 Å². The van der Waals surface area contributed by atoms with Gasteiger partial charge in [0.15, 0.2) is 0 Å². The van der Waals surface area contributed by atoms with E-state index in [0.717, 1.165) is 17.9 Å². The molecule has 0 unspecified atom stereocenters. The Labute approximate surface area is 108 Å². The lowest BCUT2D eigenvalue weighted by molar-refractivity contribution is 0.173. The first kappa shape index (κ1) is 12.6. The maximum atomic E-state index is 9.67. The summed E-state index contributed by atoms with van der Waals surface area (Å²) in [6.45, 7) is 2.70. The van der Waals surface area contributed by atoms with Crippen LogP contribution in [-0.2, 0) is 6.54 Å². The number of benzene rings is 1. The van der Waals surface area contributed by atoms with Crippen LogP contribution in [0.1, 0.15) is 30.6 Å². The quantitative estimate of drug-likeness (QED) is 0.846. The average molecular weight is 242 g/mol. The normalized spacial score (nSPS) is 12.1. The van der Waals surface area contributed by atoms with Gasteiger partial charge in [0.25, 0.3) is 0 Å². The largest absolute Gasteiger partial charge is 0.388 e. The zero-order chi connectivity index (χ0) is 12.8. The maximum Gasteiger partial charge on any atom is 0.126 e. The molecule has 0 bridgehead atoms. The average Bonchev–Trinajstić information content (AvgIpc) is 2.46. The topological polar surface area (TPSA) is 45.1 Å². The maximum absolute atomic E-state index is 9.67. The molecule has 18 heavy (non-hydrogen) atoms. The van der Waals surface area contributed by atoms with Crippen LogP contribution < -0.4 is 5.32 Å². The van der Waals surface area contributed by atoms with Crippen molar-refractivity contribution in [2.45, 2.75) is 26.0 Å². The summed E-state index contributed by atoms with van der Waals surface area (Å²) in [5, 5.41) is 12.9. The van der Waals surface area contributed by atoms with Gasteiger partial charge >= 0.3 is 0 Å². The van der Waals surface area contributed by atoms with E-state index in [0.29, 0.717) is 6.42 Å². The predicted molar refractivity (Wildman–Crippen MR) is 73.3 cm³/mol. The molecular formula is C15H18N2O. The minimum absolute atomic E-state index is 0.416. The van der Waals surface area contributed by atoms with Crippen LogP contribution in [0.3, 0.4) is 0 Å². The van der Waals surface area contributed by atoms with Crippen LogP contribution in [0.15, 0.2) is 48.7 Å². The Morgan fingerprint density at radius 3 is 2.56 bits per heavy atom. The van der Waals surface area contributed by atoms with Crippen molar-refractivity contribution in [3.8, 4) is 0 Å². The third kappa shape index (κ3) is 3.31. The molecule has 0 amide bonds. The molecule has 3 nitrogen and oxygen atoms in total. The van der Waals surface area contributed by atoms with Crippen LogP contribution in [0.25, 0.3) is 0 Å². The van der Waals surface area contributed by atoms with Crippen molar-refractivity contribution >= 4 is 5.82 Å². The first-order chi connectivity index (χ1) is 8.79. The third-order valence-electron chi connectivity index (χ3n) is 2.87. The van der Waals surface area contributed by atoms with Gasteiger partial charge in [-0.15, -0.1) is 0 Å². The second kappa shape index (κ2) is 6.17. The number of nitrogens with zero attached hydrogens (tertiary/aromatic N) is 1. The van der Waals surface area contributed by atoms with Gasteiger partial charge in [0, 0.05) is 12.7 Å². The Morgan fingerprint density at radius 1 is 1.17 bits per heavy atom. The van der Waals surface area contributed by atoms with E-state index < -0.39 is 6.10 Å². The van der Waals surface area contributed by atoms with E-state index in [2.05, 4.69) is 22.4 Å². The van der Waals surface area contributed by atoms with Gasteiger partial charge in [-0.25, -0.2) is 4.98 Å². The summed E-state index contributed by atoms with van der Waals surface area (Å²) < 4.78 is 0. The molecule has 0 spiro atoms. The van der Waals surface area contributed by atoms with E-state index in [1.807, 2.05) is 37.3 Å². The summed E-state index contributed by atoms with van der Waals surface area (Å²) in [5.74, 6) is 0.825. The van der Waals surface area contributed by atoms with E-state index in [1.54, 1.807) is 6.20 Å². The number of aliphatic hydroxyl groups is 1. The second-order valence-electron chi connectivity index (χ2n) is 4.24. The minimum atomic E-state index is -0.416. The highest BCUT2D eigenvalue weighted by atomic mass is 16.3. The molecule has 2 rings (SSSR count). The smallest absolute Gasteiger partial charge is 0.126 e. The molecule has 3 heteroatoms. The first-order valence-corrected chi connectivity index (χ1v) is 6.21.